The second-order valence-electron chi connectivity index (χ2n) is 5.19. The number of nitrogens with zero attached hydrogens (tertiary/aromatic N) is 1. The molecular formula is C14H21NO3S2. The number of hydrogen-bond acceptors (Lipinski definition) is 4. The molecule has 0 N–H and O–H groups in total. The predicted octanol–water partition coefficient (Wildman–Crippen LogP) is 2.27. The minimum Gasteiger partial charge on any atom is -0.335 e. The van der Waals surface area contributed by atoms with Gasteiger partial charge < -0.3 is 4.90 Å². The third-order valence-corrected chi connectivity index (χ3v) is 6.64. The fourth-order valence-corrected chi connectivity index (χ4v) is 5.51. The first-order chi connectivity index (χ1) is 9.39. The topological polar surface area (TPSA) is 54.5 Å². The van der Waals surface area contributed by atoms with Gasteiger partial charge in [-0.15, -0.1) is 11.3 Å². The molecule has 1 amide bonds. The molecule has 4 nitrogen and oxygen atoms in total. The van der Waals surface area contributed by atoms with Gasteiger partial charge in [-0.2, -0.15) is 0 Å². The van der Waals surface area contributed by atoms with Crippen molar-refractivity contribution in [1.82, 2.24) is 4.90 Å². The zero-order valence-corrected chi connectivity index (χ0v) is 13.8. The quantitative estimate of drug-likeness (QED) is 0.856. The Morgan fingerprint density at radius 2 is 2.15 bits per heavy atom. The molecule has 2 rings (SSSR count). The fraction of sp³-hybridized carbons (Fsp3) is 0.643. The van der Waals surface area contributed by atoms with Gasteiger partial charge in [0.1, 0.15) is 0 Å². The maximum atomic E-state index is 12.7. The van der Waals surface area contributed by atoms with Crippen LogP contribution in [0, 0.1) is 6.92 Å². The molecule has 6 heteroatoms. The number of carbonyl (C=O) groups excluding carboxylic acids is 1. The highest BCUT2D eigenvalue weighted by molar-refractivity contribution is 7.91. The van der Waals surface area contributed by atoms with Crippen LogP contribution < -0.4 is 0 Å². The van der Waals surface area contributed by atoms with Crippen molar-refractivity contribution in [2.45, 2.75) is 39.7 Å². The van der Waals surface area contributed by atoms with E-state index >= 15 is 0 Å². The number of amides is 1. The molecule has 0 aliphatic carbocycles. The molecule has 1 aromatic rings. The molecule has 1 aromatic heterocycles. The van der Waals surface area contributed by atoms with Crippen molar-refractivity contribution in [3.63, 3.8) is 0 Å². The summed E-state index contributed by atoms with van der Waals surface area (Å²) in [6, 6.07) is -0.164. The van der Waals surface area contributed by atoms with Crippen LogP contribution in [-0.4, -0.2) is 43.3 Å². The Kier molecular flexibility index (Phi) is 4.54. The smallest absolute Gasteiger partial charge is 0.255 e. The van der Waals surface area contributed by atoms with E-state index in [1.807, 2.05) is 26.2 Å². The Balaban J connectivity index is 2.26. The summed E-state index contributed by atoms with van der Waals surface area (Å²) in [5.74, 6) is 0.290. The summed E-state index contributed by atoms with van der Waals surface area (Å²) in [5, 5.41) is 1.91. The van der Waals surface area contributed by atoms with Gasteiger partial charge >= 0.3 is 0 Å². The van der Waals surface area contributed by atoms with Crippen molar-refractivity contribution in [3.05, 3.63) is 21.4 Å². The van der Waals surface area contributed by atoms with Crippen molar-refractivity contribution < 1.29 is 13.2 Å². The third kappa shape index (κ3) is 2.91. The lowest BCUT2D eigenvalue weighted by Gasteiger charge is -2.27. The first-order valence-corrected chi connectivity index (χ1v) is 9.68. The van der Waals surface area contributed by atoms with Crippen molar-refractivity contribution in [3.8, 4) is 0 Å². The van der Waals surface area contributed by atoms with E-state index in [0.29, 0.717) is 13.0 Å². The number of aryl methyl sites for hydroxylation is 1. The van der Waals surface area contributed by atoms with Crippen molar-refractivity contribution in [2.24, 2.45) is 0 Å². The minimum absolute atomic E-state index is 0.0178. The lowest BCUT2D eigenvalue weighted by Crippen LogP contribution is -2.41. The first-order valence-electron chi connectivity index (χ1n) is 6.98. The van der Waals surface area contributed by atoms with E-state index in [-0.39, 0.29) is 23.5 Å². The largest absolute Gasteiger partial charge is 0.335 e. The molecule has 0 spiro atoms. The SMILES string of the molecule is CCc1c(C(=O)N(CC)[C@@H]2CCS(=O)(=O)C2)csc1C. The zero-order chi connectivity index (χ0) is 14.9. The highest BCUT2D eigenvalue weighted by atomic mass is 32.2. The molecule has 0 unspecified atom stereocenters. The van der Waals surface area contributed by atoms with Crippen LogP contribution in [0.2, 0.25) is 0 Å². The zero-order valence-electron chi connectivity index (χ0n) is 12.2. The van der Waals surface area contributed by atoms with Gasteiger partial charge in [-0.1, -0.05) is 6.92 Å². The van der Waals surface area contributed by atoms with E-state index in [4.69, 9.17) is 0 Å². The van der Waals surface area contributed by atoms with E-state index in [2.05, 4.69) is 0 Å². The number of thiophene rings is 1. The highest BCUT2D eigenvalue weighted by Crippen LogP contribution is 2.26. The summed E-state index contributed by atoms with van der Waals surface area (Å²) in [5.41, 5.74) is 1.85. The summed E-state index contributed by atoms with van der Waals surface area (Å²) in [6.45, 7) is 6.53. The van der Waals surface area contributed by atoms with Crippen LogP contribution >= 0.6 is 11.3 Å². The van der Waals surface area contributed by atoms with Crippen LogP contribution in [0.25, 0.3) is 0 Å². The summed E-state index contributed by atoms with van der Waals surface area (Å²) < 4.78 is 23.2. The van der Waals surface area contributed by atoms with Gasteiger partial charge in [-0.05, 0) is 32.3 Å². The van der Waals surface area contributed by atoms with Crippen molar-refractivity contribution in [2.75, 3.05) is 18.1 Å². The summed E-state index contributed by atoms with van der Waals surface area (Å²) in [6.07, 6.45) is 1.39. The molecule has 0 aromatic carbocycles. The molecule has 2 heterocycles. The van der Waals surface area contributed by atoms with Gasteiger partial charge in [-0.3, -0.25) is 4.79 Å². The van der Waals surface area contributed by atoms with E-state index < -0.39 is 9.84 Å². The van der Waals surface area contributed by atoms with Crippen LogP contribution in [0.5, 0.6) is 0 Å². The molecule has 0 bridgehead atoms. The average Bonchev–Trinajstić information content (AvgIpc) is 2.93. The maximum absolute atomic E-state index is 12.7. The summed E-state index contributed by atoms with van der Waals surface area (Å²) in [7, 11) is -2.97. The first kappa shape index (κ1) is 15.5. The number of rotatable bonds is 4. The second-order valence-corrected chi connectivity index (χ2v) is 8.50. The molecule has 112 valence electrons. The number of hydrogen-bond donors (Lipinski definition) is 0. The molecule has 0 saturated carbocycles. The Morgan fingerprint density at radius 3 is 2.65 bits per heavy atom. The molecule has 1 aliphatic rings. The van der Waals surface area contributed by atoms with Gasteiger partial charge in [-0.25, -0.2) is 8.42 Å². The van der Waals surface area contributed by atoms with Gasteiger partial charge in [0.2, 0.25) is 0 Å². The monoisotopic (exact) mass is 315 g/mol. The van der Waals surface area contributed by atoms with Crippen LogP contribution in [-0.2, 0) is 16.3 Å². The predicted molar refractivity (Wildman–Crippen MR) is 82.2 cm³/mol. The Labute approximate surface area is 124 Å². The molecule has 1 aliphatic heterocycles. The van der Waals surface area contributed by atoms with Crippen LogP contribution in [0.4, 0.5) is 0 Å². The van der Waals surface area contributed by atoms with E-state index in [9.17, 15) is 13.2 Å². The third-order valence-electron chi connectivity index (χ3n) is 3.94. The van der Waals surface area contributed by atoms with Crippen molar-refractivity contribution in [1.29, 1.82) is 0 Å². The minimum atomic E-state index is -2.97. The molecule has 1 atom stereocenters. The average molecular weight is 315 g/mol. The lowest BCUT2D eigenvalue weighted by molar-refractivity contribution is 0.0708. The van der Waals surface area contributed by atoms with Crippen LogP contribution in [0.1, 0.15) is 41.1 Å². The fourth-order valence-electron chi connectivity index (χ4n) is 2.84. The molecule has 1 saturated heterocycles. The van der Waals surface area contributed by atoms with Gasteiger partial charge in [0.05, 0.1) is 17.1 Å². The summed E-state index contributed by atoms with van der Waals surface area (Å²) in [4.78, 5) is 15.6. The lowest BCUT2D eigenvalue weighted by atomic mass is 10.1. The second kappa shape index (κ2) is 5.85. The van der Waals surface area contributed by atoms with Gasteiger partial charge in [0.25, 0.3) is 5.91 Å². The molecule has 20 heavy (non-hydrogen) atoms. The van der Waals surface area contributed by atoms with E-state index in [1.54, 1.807) is 16.2 Å². The highest BCUT2D eigenvalue weighted by Gasteiger charge is 2.34. The molecule has 1 fully saturated rings. The molecule has 0 radical (unpaired) electrons. The summed E-state index contributed by atoms with van der Waals surface area (Å²) >= 11 is 1.59. The Morgan fingerprint density at radius 1 is 1.45 bits per heavy atom. The molecular weight excluding hydrogens is 294 g/mol. The maximum Gasteiger partial charge on any atom is 0.255 e. The Hall–Kier alpha value is -0.880. The van der Waals surface area contributed by atoms with Crippen LogP contribution in [0.3, 0.4) is 0 Å². The van der Waals surface area contributed by atoms with E-state index in [1.165, 1.54) is 4.88 Å². The van der Waals surface area contributed by atoms with Crippen LogP contribution in [0.15, 0.2) is 5.38 Å². The van der Waals surface area contributed by atoms with Crippen molar-refractivity contribution >= 4 is 27.1 Å². The standard InChI is InChI=1S/C14H21NO3S2/c1-4-12-10(3)19-8-13(12)14(16)15(5-2)11-6-7-20(17,18)9-11/h8,11H,4-7,9H2,1-3H3/t11-/m1/s1. The number of carbonyl (C=O) groups is 1. The normalized spacial score (nSPS) is 21.1. The Bertz CT molecular complexity index is 604. The van der Waals surface area contributed by atoms with Gasteiger partial charge in [0.15, 0.2) is 9.84 Å². The van der Waals surface area contributed by atoms with Gasteiger partial charge in [0, 0.05) is 22.8 Å². The van der Waals surface area contributed by atoms with E-state index in [0.717, 1.165) is 17.5 Å². The number of sulfone groups is 1.